The lowest BCUT2D eigenvalue weighted by molar-refractivity contribution is -0.137. The smallest absolute Gasteiger partial charge is 0.271 e. The molecule has 0 saturated carbocycles. The molecule has 1 N–H and O–H groups in total. The lowest BCUT2D eigenvalue weighted by Gasteiger charge is -2.24. The van der Waals surface area contributed by atoms with E-state index in [4.69, 9.17) is 11.6 Å². The predicted molar refractivity (Wildman–Crippen MR) is 124 cm³/mol. The first-order chi connectivity index (χ1) is 16.0. The van der Waals surface area contributed by atoms with E-state index in [-0.39, 0.29) is 16.1 Å². The molecule has 0 radical (unpaired) electrons. The average Bonchev–Trinajstić information content (AvgIpc) is 2.79. The van der Waals surface area contributed by atoms with E-state index in [1.807, 2.05) is 0 Å². The Morgan fingerprint density at radius 2 is 1.76 bits per heavy atom. The third-order valence-corrected chi connectivity index (χ3v) is 6.87. The van der Waals surface area contributed by atoms with E-state index >= 15 is 0 Å². The third kappa shape index (κ3) is 6.15. The van der Waals surface area contributed by atoms with Gasteiger partial charge in [-0.25, -0.2) is 13.8 Å². The molecule has 3 aromatic rings. The molecule has 0 fully saturated rings. The van der Waals surface area contributed by atoms with E-state index in [1.165, 1.54) is 36.4 Å². The van der Waals surface area contributed by atoms with Crippen LogP contribution in [-0.4, -0.2) is 27.1 Å². The molecule has 0 unspecified atom stereocenters. The van der Waals surface area contributed by atoms with Gasteiger partial charge in [-0.1, -0.05) is 48.0 Å². The monoisotopic (exact) mass is 509 g/mol. The molecule has 3 aromatic carbocycles. The summed E-state index contributed by atoms with van der Waals surface area (Å²) in [7, 11) is -4.14. The molecular weight excluding hydrogens is 491 g/mol. The normalized spacial score (nSPS) is 12.0. The number of hydrogen-bond acceptors (Lipinski definition) is 4. The number of rotatable bonds is 7. The zero-order chi connectivity index (χ0) is 24.9. The molecule has 0 aliphatic rings. The summed E-state index contributed by atoms with van der Waals surface area (Å²) in [5, 5.41) is 3.97. The first-order valence-corrected chi connectivity index (χ1v) is 11.6. The van der Waals surface area contributed by atoms with Crippen molar-refractivity contribution in [2.24, 2.45) is 5.10 Å². The van der Waals surface area contributed by atoms with Gasteiger partial charge in [-0.15, -0.1) is 0 Å². The Morgan fingerprint density at radius 3 is 2.41 bits per heavy atom. The minimum atomic E-state index is -4.52. The number of carbonyl (C=O) groups is 1. The van der Waals surface area contributed by atoms with Crippen LogP contribution < -0.4 is 9.73 Å². The summed E-state index contributed by atoms with van der Waals surface area (Å²) in [5.41, 5.74) is 2.28. The van der Waals surface area contributed by atoms with E-state index in [1.54, 1.807) is 31.2 Å². The fourth-order valence-corrected chi connectivity index (χ4v) is 4.52. The Bertz CT molecular complexity index is 1310. The number of sulfonamides is 1. The second-order valence-corrected chi connectivity index (χ2v) is 9.44. The van der Waals surface area contributed by atoms with Gasteiger partial charge in [0, 0.05) is 5.02 Å². The fourth-order valence-electron chi connectivity index (χ4n) is 2.91. The van der Waals surface area contributed by atoms with Gasteiger partial charge in [0.2, 0.25) is 0 Å². The standard InChI is InChI=1S/C23H19ClF3N3O3S/c1-16-10-11-19(13-21(16)24)30(34(32,33)20-8-3-2-4-9-20)15-22(31)29-28-14-17-6-5-7-18(12-17)23(25,26)27/h2-14H,15H2,1H3,(H,29,31)/b28-14+. The van der Waals surface area contributed by atoms with Crippen LogP contribution in [0, 0.1) is 6.92 Å². The van der Waals surface area contributed by atoms with Gasteiger partial charge in [0.05, 0.1) is 22.4 Å². The van der Waals surface area contributed by atoms with E-state index < -0.39 is 34.2 Å². The van der Waals surface area contributed by atoms with Gasteiger partial charge in [-0.3, -0.25) is 9.10 Å². The first kappa shape index (κ1) is 25.3. The predicted octanol–water partition coefficient (Wildman–Crippen LogP) is 5.01. The highest BCUT2D eigenvalue weighted by Crippen LogP contribution is 2.29. The highest BCUT2D eigenvalue weighted by atomic mass is 35.5. The van der Waals surface area contributed by atoms with Crippen molar-refractivity contribution >= 4 is 39.4 Å². The largest absolute Gasteiger partial charge is 0.416 e. The number of anilines is 1. The maximum Gasteiger partial charge on any atom is 0.416 e. The number of aryl methyl sites for hydroxylation is 1. The van der Waals surface area contributed by atoms with E-state index in [2.05, 4.69) is 10.5 Å². The molecule has 0 aliphatic heterocycles. The maximum absolute atomic E-state index is 13.2. The van der Waals surface area contributed by atoms with Gasteiger partial charge in [-0.05, 0) is 54.4 Å². The number of alkyl halides is 3. The van der Waals surface area contributed by atoms with Gasteiger partial charge in [-0.2, -0.15) is 18.3 Å². The van der Waals surface area contributed by atoms with Crippen molar-refractivity contribution in [1.29, 1.82) is 0 Å². The van der Waals surface area contributed by atoms with Crippen molar-refractivity contribution in [1.82, 2.24) is 5.43 Å². The van der Waals surface area contributed by atoms with Crippen LogP contribution in [0.3, 0.4) is 0 Å². The molecule has 0 heterocycles. The first-order valence-electron chi connectivity index (χ1n) is 9.81. The van der Waals surface area contributed by atoms with Crippen LogP contribution in [0.1, 0.15) is 16.7 Å². The molecule has 0 aromatic heterocycles. The van der Waals surface area contributed by atoms with Crippen molar-refractivity contribution in [2.45, 2.75) is 18.0 Å². The molecule has 0 atom stereocenters. The average molecular weight is 510 g/mol. The van der Waals surface area contributed by atoms with Gasteiger partial charge in [0.25, 0.3) is 15.9 Å². The third-order valence-electron chi connectivity index (χ3n) is 4.68. The number of nitrogens with zero attached hydrogens (tertiary/aromatic N) is 2. The van der Waals surface area contributed by atoms with Crippen LogP contribution in [0.4, 0.5) is 18.9 Å². The SMILES string of the molecule is Cc1ccc(N(CC(=O)N/N=C/c2cccc(C(F)(F)F)c2)S(=O)(=O)c2ccccc2)cc1Cl. The summed E-state index contributed by atoms with van der Waals surface area (Å²) < 4.78 is 65.9. The Balaban J connectivity index is 1.83. The van der Waals surface area contributed by atoms with E-state index in [9.17, 15) is 26.4 Å². The Morgan fingerprint density at radius 1 is 1.06 bits per heavy atom. The van der Waals surface area contributed by atoms with Gasteiger partial charge >= 0.3 is 6.18 Å². The van der Waals surface area contributed by atoms with Crippen LogP contribution in [-0.2, 0) is 21.0 Å². The number of hydrogen-bond donors (Lipinski definition) is 1. The number of hydrazone groups is 1. The molecule has 0 saturated heterocycles. The molecule has 11 heteroatoms. The summed E-state index contributed by atoms with van der Waals surface area (Å²) >= 11 is 6.16. The van der Waals surface area contributed by atoms with E-state index in [0.717, 1.165) is 28.2 Å². The zero-order valence-corrected chi connectivity index (χ0v) is 19.3. The molecule has 0 spiro atoms. The summed E-state index contributed by atoms with van der Waals surface area (Å²) in [6, 6.07) is 16.5. The van der Waals surface area contributed by atoms with Crippen LogP contribution in [0.5, 0.6) is 0 Å². The number of nitrogens with one attached hydrogen (secondary N) is 1. The minimum Gasteiger partial charge on any atom is -0.271 e. The summed E-state index contributed by atoms with van der Waals surface area (Å²) in [6.45, 7) is 1.11. The second kappa shape index (κ2) is 10.3. The molecule has 1 amide bonds. The lowest BCUT2D eigenvalue weighted by atomic mass is 10.1. The summed E-state index contributed by atoms with van der Waals surface area (Å²) in [4.78, 5) is 12.5. The van der Waals surface area contributed by atoms with Crippen molar-refractivity contribution < 1.29 is 26.4 Å². The van der Waals surface area contributed by atoms with Gasteiger partial charge in [0.1, 0.15) is 6.54 Å². The second-order valence-electron chi connectivity index (χ2n) is 7.17. The zero-order valence-electron chi connectivity index (χ0n) is 17.8. The van der Waals surface area contributed by atoms with Crippen molar-refractivity contribution in [3.05, 3.63) is 94.5 Å². The molecule has 34 heavy (non-hydrogen) atoms. The van der Waals surface area contributed by atoms with Crippen LogP contribution >= 0.6 is 11.6 Å². The molecule has 0 aliphatic carbocycles. The molecule has 6 nitrogen and oxygen atoms in total. The lowest BCUT2D eigenvalue weighted by Crippen LogP contribution is -2.39. The van der Waals surface area contributed by atoms with Crippen LogP contribution in [0.15, 0.2) is 82.8 Å². The quantitative estimate of drug-likeness (QED) is 0.359. The highest BCUT2D eigenvalue weighted by molar-refractivity contribution is 7.92. The maximum atomic E-state index is 13.2. The molecule has 3 rings (SSSR count). The van der Waals surface area contributed by atoms with Crippen LogP contribution in [0.2, 0.25) is 5.02 Å². The fraction of sp³-hybridized carbons (Fsp3) is 0.130. The number of carbonyl (C=O) groups excluding carboxylic acids is 1. The van der Waals surface area contributed by atoms with E-state index in [0.29, 0.717) is 5.02 Å². The van der Waals surface area contributed by atoms with Crippen molar-refractivity contribution in [3.63, 3.8) is 0 Å². The Hall–Kier alpha value is -3.37. The van der Waals surface area contributed by atoms with Gasteiger partial charge < -0.3 is 0 Å². The van der Waals surface area contributed by atoms with Crippen molar-refractivity contribution in [3.8, 4) is 0 Å². The number of benzene rings is 3. The Kier molecular flexibility index (Phi) is 7.63. The highest BCUT2D eigenvalue weighted by Gasteiger charge is 2.30. The summed E-state index contributed by atoms with van der Waals surface area (Å²) in [5.74, 6) is -0.806. The van der Waals surface area contributed by atoms with Gasteiger partial charge in [0.15, 0.2) is 0 Å². The minimum absolute atomic E-state index is 0.0352. The molecular formula is C23H19ClF3N3O3S. The molecule has 178 valence electrons. The number of halogens is 4. The Labute approximate surface area is 199 Å². The number of amides is 1. The summed E-state index contributed by atoms with van der Waals surface area (Å²) in [6.07, 6.45) is -3.49. The molecule has 0 bridgehead atoms. The topological polar surface area (TPSA) is 78.8 Å². The van der Waals surface area contributed by atoms with Crippen molar-refractivity contribution in [2.75, 3.05) is 10.8 Å². The van der Waals surface area contributed by atoms with Crippen LogP contribution in [0.25, 0.3) is 0 Å².